The molecule has 0 radical (unpaired) electrons. The number of carboxylic acids is 1. The Hall–Kier alpha value is -1.79. The number of carbonyl (C=O) groups excluding carboxylic acids is 2. The Balaban J connectivity index is 2.77. The van der Waals surface area contributed by atoms with E-state index in [1.165, 1.54) is 12.0 Å². The number of methoxy groups -OCH3 is 1. The Morgan fingerprint density at radius 2 is 2.00 bits per heavy atom. The van der Waals surface area contributed by atoms with Crippen LogP contribution in [0.4, 0.5) is 4.79 Å². The minimum atomic E-state index is -1.02. The van der Waals surface area contributed by atoms with Crippen LogP contribution < -0.4 is 5.32 Å². The average molecular weight is 300 g/mol. The third-order valence-corrected chi connectivity index (χ3v) is 3.70. The quantitative estimate of drug-likeness (QED) is 0.741. The van der Waals surface area contributed by atoms with Gasteiger partial charge >= 0.3 is 18.0 Å². The van der Waals surface area contributed by atoms with E-state index in [0.29, 0.717) is 19.4 Å². The van der Waals surface area contributed by atoms with Gasteiger partial charge in [-0.2, -0.15) is 0 Å². The molecule has 0 aromatic heterocycles. The van der Waals surface area contributed by atoms with Gasteiger partial charge in [0.25, 0.3) is 0 Å². The minimum Gasteiger partial charge on any atom is -0.480 e. The summed E-state index contributed by atoms with van der Waals surface area (Å²) in [5.74, 6) is -1.44. The van der Waals surface area contributed by atoms with E-state index in [1.54, 1.807) is 6.92 Å². The van der Waals surface area contributed by atoms with Crippen LogP contribution in [0.1, 0.15) is 33.6 Å². The van der Waals surface area contributed by atoms with Gasteiger partial charge in [-0.25, -0.2) is 14.4 Å². The first-order valence-electron chi connectivity index (χ1n) is 7.15. The molecule has 2 amide bonds. The number of carboxylic acid groups (broad SMARTS) is 1. The Kier molecular flexibility index (Phi) is 5.99. The highest BCUT2D eigenvalue weighted by Gasteiger charge is 2.40. The Bertz CT molecular complexity index is 410. The van der Waals surface area contributed by atoms with E-state index in [2.05, 4.69) is 10.1 Å². The Labute approximate surface area is 124 Å². The van der Waals surface area contributed by atoms with Gasteiger partial charge in [0.2, 0.25) is 0 Å². The van der Waals surface area contributed by atoms with Crippen molar-refractivity contribution in [3.63, 3.8) is 0 Å². The first-order valence-corrected chi connectivity index (χ1v) is 7.15. The number of hydrogen-bond donors (Lipinski definition) is 2. The lowest BCUT2D eigenvalue weighted by Crippen LogP contribution is -2.52. The SMILES string of the molecule is COC(=O)C(CC(C)C)NC(=O)N1CCC(C)C1C(=O)O. The van der Waals surface area contributed by atoms with Crippen LogP contribution in [0.5, 0.6) is 0 Å². The number of urea groups is 1. The van der Waals surface area contributed by atoms with Gasteiger partial charge in [0, 0.05) is 6.54 Å². The summed E-state index contributed by atoms with van der Waals surface area (Å²) < 4.78 is 4.68. The van der Waals surface area contributed by atoms with Crippen molar-refractivity contribution in [3.05, 3.63) is 0 Å². The van der Waals surface area contributed by atoms with Crippen LogP contribution in [-0.2, 0) is 14.3 Å². The van der Waals surface area contributed by atoms with E-state index in [-0.39, 0.29) is 11.8 Å². The van der Waals surface area contributed by atoms with E-state index in [0.717, 1.165) is 0 Å². The van der Waals surface area contributed by atoms with Crippen LogP contribution in [0.3, 0.4) is 0 Å². The van der Waals surface area contributed by atoms with Crippen LogP contribution in [0.2, 0.25) is 0 Å². The molecule has 1 aliphatic heterocycles. The summed E-state index contributed by atoms with van der Waals surface area (Å²) in [6.45, 7) is 6.04. The molecule has 0 spiro atoms. The van der Waals surface area contributed by atoms with Gasteiger partial charge in [-0.15, -0.1) is 0 Å². The number of amides is 2. The van der Waals surface area contributed by atoms with Crippen LogP contribution in [0, 0.1) is 11.8 Å². The monoisotopic (exact) mass is 300 g/mol. The number of likely N-dealkylation sites (tertiary alicyclic amines) is 1. The van der Waals surface area contributed by atoms with Crippen LogP contribution in [-0.4, -0.2) is 53.7 Å². The first-order chi connectivity index (χ1) is 9.77. The summed E-state index contributed by atoms with van der Waals surface area (Å²) in [5.41, 5.74) is 0. The van der Waals surface area contributed by atoms with E-state index in [4.69, 9.17) is 0 Å². The fourth-order valence-electron chi connectivity index (χ4n) is 2.61. The molecule has 7 nitrogen and oxygen atoms in total. The lowest BCUT2D eigenvalue weighted by molar-refractivity contribution is -0.143. The minimum absolute atomic E-state index is 0.102. The van der Waals surface area contributed by atoms with Gasteiger partial charge < -0.3 is 20.1 Å². The Morgan fingerprint density at radius 1 is 1.38 bits per heavy atom. The number of esters is 1. The normalized spacial score (nSPS) is 23.0. The van der Waals surface area contributed by atoms with Crippen LogP contribution in [0.25, 0.3) is 0 Å². The van der Waals surface area contributed by atoms with E-state index >= 15 is 0 Å². The molecule has 1 heterocycles. The molecule has 1 aliphatic rings. The molecular weight excluding hydrogens is 276 g/mol. The summed E-state index contributed by atoms with van der Waals surface area (Å²) >= 11 is 0. The van der Waals surface area contributed by atoms with Gasteiger partial charge in [-0.05, 0) is 24.7 Å². The zero-order valence-corrected chi connectivity index (χ0v) is 13.0. The number of rotatable bonds is 5. The summed E-state index contributed by atoms with van der Waals surface area (Å²) in [6.07, 6.45) is 1.08. The maximum absolute atomic E-state index is 12.3. The first kappa shape index (κ1) is 17.3. The maximum Gasteiger partial charge on any atom is 0.328 e. The lowest BCUT2D eigenvalue weighted by Gasteiger charge is -2.26. The fourth-order valence-corrected chi connectivity index (χ4v) is 2.61. The molecule has 7 heteroatoms. The molecule has 1 fully saturated rings. The standard InChI is InChI=1S/C14H24N2O5/c1-8(2)7-10(13(19)21-4)15-14(20)16-6-5-9(3)11(16)12(17)18/h8-11H,5-7H2,1-4H3,(H,15,20)(H,17,18). The molecule has 2 N–H and O–H groups in total. The van der Waals surface area contributed by atoms with Crippen molar-refractivity contribution < 1.29 is 24.2 Å². The topological polar surface area (TPSA) is 95.9 Å². The zero-order chi connectivity index (χ0) is 16.2. The van der Waals surface area contributed by atoms with Gasteiger partial charge in [0.15, 0.2) is 0 Å². The largest absolute Gasteiger partial charge is 0.480 e. The van der Waals surface area contributed by atoms with Gasteiger partial charge in [0.1, 0.15) is 12.1 Å². The van der Waals surface area contributed by atoms with Gasteiger partial charge in [-0.1, -0.05) is 20.8 Å². The second kappa shape index (κ2) is 7.28. The molecule has 0 bridgehead atoms. The van der Waals surface area contributed by atoms with Crippen molar-refractivity contribution in [2.75, 3.05) is 13.7 Å². The number of nitrogens with one attached hydrogen (secondary N) is 1. The van der Waals surface area contributed by atoms with Crippen molar-refractivity contribution in [2.45, 2.75) is 45.7 Å². The molecule has 3 atom stereocenters. The molecule has 0 aromatic rings. The summed E-state index contributed by atoms with van der Waals surface area (Å²) in [7, 11) is 1.26. The number of hydrogen-bond acceptors (Lipinski definition) is 4. The average Bonchev–Trinajstić information content (AvgIpc) is 2.78. The molecule has 0 aliphatic carbocycles. The predicted molar refractivity (Wildman–Crippen MR) is 75.7 cm³/mol. The number of ether oxygens (including phenoxy) is 1. The molecule has 1 rings (SSSR count). The molecule has 21 heavy (non-hydrogen) atoms. The van der Waals surface area contributed by atoms with Crippen LogP contribution >= 0.6 is 0 Å². The van der Waals surface area contributed by atoms with Crippen molar-refractivity contribution in [3.8, 4) is 0 Å². The smallest absolute Gasteiger partial charge is 0.328 e. The number of carbonyl (C=O) groups is 3. The highest BCUT2D eigenvalue weighted by molar-refractivity contribution is 5.87. The lowest BCUT2D eigenvalue weighted by atomic mass is 10.0. The van der Waals surface area contributed by atoms with E-state index in [1.807, 2.05) is 13.8 Å². The molecular formula is C14H24N2O5. The number of aliphatic carboxylic acids is 1. The Morgan fingerprint density at radius 3 is 2.48 bits per heavy atom. The number of nitrogens with zero attached hydrogens (tertiary/aromatic N) is 1. The third-order valence-electron chi connectivity index (χ3n) is 3.70. The van der Waals surface area contributed by atoms with Crippen molar-refractivity contribution in [1.29, 1.82) is 0 Å². The fraction of sp³-hybridized carbons (Fsp3) is 0.786. The third kappa shape index (κ3) is 4.34. The van der Waals surface area contributed by atoms with Gasteiger partial charge in [0.05, 0.1) is 7.11 Å². The summed E-state index contributed by atoms with van der Waals surface area (Å²) in [6, 6.07) is -2.13. The van der Waals surface area contributed by atoms with Crippen molar-refractivity contribution in [2.24, 2.45) is 11.8 Å². The predicted octanol–water partition coefficient (Wildman–Crippen LogP) is 1.08. The summed E-state index contributed by atoms with van der Waals surface area (Å²) in [4.78, 5) is 36.5. The van der Waals surface area contributed by atoms with Crippen molar-refractivity contribution in [1.82, 2.24) is 10.2 Å². The zero-order valence-electron chi connectivity index (χ0n) is 13.0. The van der Waals surface area contributed by atoms with Crippen LogP contribution in [0.15, 0.2) is 0 Å². The summed E-state index contributed by atoms with van der Waals surface area (Å²) in [5, 5.41) is 11.8. The second-order valence-electron chi connectivity index (χ2n) is 5.90. The molecule has 120 valence electrons. The molecule has 1 saturated heterocycles. The molecule has 0 saturated carbocycles. The maximum atomic E-state index is 12.3. The molecule has 3 unspecified atom stereocenters. The second-order valence-corrected chi connectivity index (χ2v) is 5.90. The highest BCUT2D eigenvalue weighted by Crippen LogP contribution is 2.24. The van der Waals surface area contributed by atoms with Crippen molar-refractivity contribution >= 4 is 18.0 Å². The van der Waals surface area contributed by atoms with E-state index in [9.17, 15) is 19.5 Å². The highest BCUT2D eigenvalue weighted by atomic mass is 16.5. The van der Waals surface area contributed by atoms with Gasteiger partial charge in [-0.3, -0.25) is 0 Å². The molecule has 0 aromatic carbocycles. The van der Waals surface area contributed by atoms with E-state index < -0.39 is 30.1 Å².